The number of hydrogen-bond donors (Lipinski definition) is 1. The SMILES string of the molecule is O=S(=O)(Cl)C1=CNCC=C1Cl. The maximum Gasteiger partial charge on any atom is 0.264 e. The van der Waals surface area contributed by atoms with Gasteiger partial charge in [-0.2, -0.15) is 0 Å². The normalized spacial score (nSPS) is 18.4. The van der Waals surface area contributed by atoms with Crippen LogP contribution in [0.5, 0.6) is 0 Å². The van der Waals surface area contributed by atoms with Crippen molar-refractivity contribution in [1.82, 2.24) is 5.32 Å². The van der Waals surface area contributed by atoms with E-state index in [1.807, 2.05) is 0 Å². The van der Waals surface area contributed by atoms with Crippen molar-refractivity contribution in [2.75, 3.05) is 6.54 Å². The molecule has 1 rings (SSSR count). The molecule has 11 heavy (non-hydrogen) atoms. The number of dihydropyridines is 1. The Hall–Kier alpha value is -0.190. The van der Waals surface area contributed by atoms with Crippen molar-refractivity contribution in [2.24, 2.45) is 0 Å². The summed E-state index contributed by atoms with van der Waals surface area (Å²) in [5.74, 6) is 0. The molecule has 6 heteroatoms. The van der Waals surface area contributed by atoms with Crippen LogP contribution >= 0.6 is 22.3 Å². The highest BCUT2D eigenvalue weighted by Crippen LogP contribution is 2.24. The van der Waals surface area contributed by atoms with Crippen LogP contribution in [0.3, 0.4) is 0 Å². The van der Waals surface area contributed by atoms with Gasteiger partial charge in [-0.05, 0) is 6.08 Å². The van der Waals surface area contributed by atoms with Crippen LogP contribution in [0.1, 0.15) is 0 Å². The van der Waals surface area contributed by atoms with Gasteiger partial charge in [0.15, 0.2) is 0 Å². The third kappa shape index (κ3) is 2.12. The van der Waals surface area contributed by atoms with Crippen molar-refractivity contribution in [1.29, 1.82) is 0 Å². The van der Waals surface area contributed by atoms with E-state index in [1.54, 1.807) is 0 Å². The molecule has 0 bridgehead atoms. The monoisotopic (exact) mass is 213 g/mol. The molecule has 0 aromatic heterocycles. The van der Waals surface area contributed by atoms with Crippen molar-refractivity contribution in [3.63, 3.8) is 0 Å². The van der Waals surface area contributed by atoms with Gasteiger partial charge in [-0.25, -0.2) is 8.42 Å². The summed E-state index contributed by atoms with van der Waals surface area (Å²) in [7, 11) is 1.34. The molecule has 0 aromatic carbocycles. The molecule has 0 aliphatic carbocycles. The first-order chi connectivity index (χ1) is 5.02. The van der Waals surface area contributed by atoms with E-state index in [4.69, 9.17) is 22.3 Å². The standard InChI is InChI=1S/C5H5Cl2NO2S/c6-4-1-2-8-3-5(4)11(7,9)10/h1,3,8H,2H2. The van der Waals surface area contributed by atoms with Gasteiger partial charge in [0.05, 0.1) is 5.03 Å². The molecule has 0 unspecified atom stereocenters. The van der Waals surface area contributed by atoms with Gasteiger partial charge in [-0.1, -0.05) is 11.6 Å². The predicted octanol–water partition coefficient (Wildman–Crippen LogP) is 1.12. The van der Waals surface area contributed by atoms with E-state index in [0.29, 0.717) is 6.54 Å². The van der Waals surface area contributed by atoms with Gasteiger partial charge in [-0.3, -0.25) is 0 Å². The van der Waals surface area contributed by atoms with Gasteiger partial charge >= 0.3 is 0 Å². The van der Waals surface area contributed by atoms with E-state index in [9.17, 15) is 8.42 Å². The number of halogens is 2. The van der Waals surface area contributed by atoms with Crippen LogP contribution < -0.4 is 5.32 Å². The van der Waals surface area contributed by atoms with Gasteiger partial charge in [0.2, 0.25) is 0 Å². The van der Waals surface area contributed by atoms with Gasteiger partial charge in [0.25, 0.3) is 9.05 Å². The maximum atomic E-state index is 10.7. The summed E-state index contributed by atoms with van der Waals surface area (Å²) in [5.41, 5.74) is 0. The fraction of sp³-hybridized carbons (Fsp3) is 0.200. The van der Waals surface area contributed by atoms with E-state index in [1.165, 1.54) is 12.3 Å². The molecule has 0 amide bonds. The summed E-state index contributed by atoms with van der Waals surface area (Å²) in [5, 5.41) is 2.85. The van der Waals surface area contributed by atoms with E-state index in [0.717, 1.165) is 0 Å². The first-order valence-corrected chi connectivity index (χ1v) is 5.45. The van der Waals surface area contributed by atoms with Crippen molar-refractivity contribution < 1.29 is 8.42 Å². The molecule has 1 aliphatic rings. The smallest absolute Gasteiger partial charge is 0.264 e. The third-order valence-corrected chi connectivity index (χ3v) is 2.96. The first kappa shape index (κ1) is 8.90. The van der Waals surface area contributed by atoms with Gasteiger partial charge in [-0.15, -0.1) is 0 Å². The summed E-state index contributed by atoms with van der Waals surface area (Å²) < 4.78 is 21.5. The van der Waals surface area contributed by atoms with E-state index >= 15 is 0 Å². The Kier molecular flexibility index (Phi) is 2.47. The molecule has 0 aromatic rings. The predicted molar refractivity (Wildman–Crippen MR) is 44.8 cm³/mol. The average Bonchev–Trinajstić information content (AvgIpc) is 1.86. The minimum atomic E-state index is -3.70. The van der Waals surface area contributed by atoms with Crippen LogP contribution in [0.15, 0.2) is 22.2 Å². The summed E-state index contributed by atoms with van der Waals surface area (Å²) in [6, 6.07) is 0. The molecule has 1 N–H and O–H groups in total. The number of rotatable bonds is 1. The fourth-order valence-electron chi connectivity index (χ4n) is 0.657. The minimum absolute atomic E-state index is 0.0768. The third-order valence-electron chi connectivity index (χ3n) is 1.13. The molecule has 62 valence electrons. The topological polar surface area (TPSA) is 46.2 Å². The van der Waals surface area contributed by atoms with E-state index < -0.39 is 9.05 Å². The van der Waals surface area contributed by atoms with Crippen LogP contribution in [0.4, 0.5) is 0 Å². The Balaban J connectivity index is 3.07. The zero-order valence-electron chi connectivity index (χ0n) is 5.34. The Morgan fingerprint density at radius 1 is 1.55 bits per heavy atom. The largest absolute Gasteiger partial charge is 0.386 e. The molecular formula is C5H5Cl2NO2S. The van der Waals surface area contributed by atoms with Gasteiger partial charge in [0, 0.05) is 23.4 Å². The zero-order valence-corrected chi connectivity index (χ0v) is 7.67. The Morgan fingerprint density at radius 2 is 2.18 bits per heavy atom. The van der Waals surface area contributed by atoms with Gasteiger partial charge < -0.3 is 5.32 Å². The summed E-state index contributed by atoms with van der Waals surface area (Å²) >= 11 is 5.56. The number of allylic oxidation sites excluding steroid dienone is 1. The number of nitrogens with one attached hydrogen (secondary N) is 1. The second-order valence-electron chi connectivity index (χ2n) is 1.91. The van der Waals surface area contributed by atoms with Crippen LogP contribution in [0.25, 0.3) is 0 Å². The zero-order chi connectivity index (χ0) is 8.48. The molecule has 1 heterocycles. The lowest BCUT2D eigenvalue weighted by Gasteiger charge is -2.08. The summed E-state index contributed by atoms with van der Waals surface area (Å²) in [6.45, 7) is 0.523. The molecule has 0 saturated heterocycles. The van der Waals surface area contributed by atoms with Crippen LogP contribution in [0, 0.1) is 0 Å². The lowest BCUT2D eigenvalue weighted by atomic mass is 10.4. The molecule has 3 nitrogen and oxygen atoms in total. The highest BCUT2D eigenvalue weighted by atomic mass is 35.7. The fourth-order valence-corrected chi connectivity index (χ4v) is 2.13. The van der Waals surface area contributed by atoms with Crippen molar-refractivity contribution in [2.45, 2.75) is 0 Å². The second-order valence-corrected chi connectivity index (χ2v) is 4.85. The average molecular weight is 214 g/mol. The Labute approximate surface area is 74.1 Å². The van der Waals surface area contributed by atoms with Crippen molar-refractivity contribution in [3.8, 4) is 0 Å². The highest BCUT2D eigenvalue weighted by Gasteiger charge is 2.18. The Bertz CT molecular complexity index is 317. The maximum absolute atomic E-state index is 10.7. The highest BCUT2D eigenvalue weighted by molar-refractivity contribution is 8.17. The molecule has 0 saturated carbocycles. The molecule has 0 atom stereocenters. The van der Waals surface area contributed by atoms with Crippen molar-refractivity contribution in [3.05, 3.63) is 22.2 Å². The van der Waals surface area contributed by atoms with E-state index in [-0.39, 0.29) is 9.94 Å². The van der Waals surface area contributed by atoms with Crippen molar-refractivity contribution >= 4 is 31.3 Å². The summed E-state index contributed by atoms with van der Waals surface area (Å²) in [6.07, 6.45) is 2.82. The Morgan fingerprint density at radius 3 is 2.55 bits per heavy atom. The number of hydrogen-bond acceptors (Lipinski definition) is 3. The van der Waals surface area contributed by atoms with Gasteiger partial charge in [0.1, 0.15) is 4.91 Å². The lowest BCUT2D eigenvalue weighted by Crippen LogP contribution is -2.13. The lowest BCUT2D eigenvalue weighted by molar-refractivity contribution is 0.615. The minimum Gasteiger partial charge on any atom is -0.386 e. The molecule has 0 spiro atoms. The van der Waals surface area contributed by atoms with Crippen LogP contribution in [-0.4, -0.2) is 15.0 Å². The molecular weight excluding hydrogens is 209 g/mol. The van der Waals surface area contributed by atoms with Crippen LogP contribution in [-0.2, 0) is 9.05 Å². The second kappa shape index (κ2) is 3.05. The quantitative estimate of drug-likeness (QED) is 0.665. The summed E-state index contributed by atoms with van der Waals surface area (Å²) in [4.78, 5) is -0.0768. The molecule has 0 radical (unpaired) electrons. The first-order valence-electron chi connectivity index (χ1n) is 2.76. The molecule has 0 fully saturated rings. The van der Waals surface area contributed by atoms with Crippen LogP contribution in [0.2, 0.25) is 0 Å². The van der Waals surface area contributed by atoms with E-state index in [2.05, 4.69) is 5.32 Å². The molecule has 1 aliphatic heterocycles.